The van der Waals surface area contributed by atoms with Crippen LogP contribution < -0.4 is 5.32 Å². The number of hydrogen-bond donors (Lipinski definition) is 1. The summed E-state index contributed by atoms with van der Waals surface area (Å²) < 4.78 is 45.7. The second kappa shape index (κ2) is 7.92. The molecule has 0 aliphatic rings. The van der Waals surface area contributed by atoms with Gasteiger partial charge in [-0.2, -0.15) is 13.2 Å². The Morgan fingerprint density at radius 2 is 2.00 bits per heavy atom. The summed E-state index contributed by atoms with van der Waals surface area (Å²) in [6.45, 7) is 3.60. The van der Waals surface area contributed by atoms with Crippen LogP contribution >= 0.6 is 11.3 Å². The molecule has 4 nitrogen and oxygen atoms in total. The highest BCUT2D eigenvalue weighted by molar-refractivity contribution is 7.11. The molecular weight excluding hydrogens is 293 g/mol. The van der Waals surface area contributed by atoms with Gasteiger partial charge in [0.05, 0.1) is 18.9 Å². The van der Waals surface area contributed by atoms with Crippen molar-refractivity contribution in [2.75, 3.05) is 13.7 Å². The van der Waals surface area contributed by atoms with Gasteiger partial charge in [0.25, 0.3) is 0 Å². The maximum atomic E-state index is 12.0. The average molecular weight is 312 g/mol. The molecule has 0 aromatic carbocycles. The van der Waals surface area contributed by atoms with Crippen LogP contribution in [0.5, 0.6) is 0 Å². The average Bonchev–Trinajstić information content (AvgIpc) is 2.68. The summed E-state index contributed by atoms with van der Waals surface area (Å²) in [5, 5.41) is 3.78. The van der Waals surface area contributed by atoms with E-state index in [4.69, 9.17) is 4.74 Å². The second-order valence-electron chi connectivity index (χ2n) is 4.55. The van der Waals surface area contributed by atoms with Crippen LogP contribution in [0.2, 0.25) is 0 Å². The van der Waals surface area contributed by atoms with E-state index in [9.17, 15) is 13.2 Å². The second-order valence-corrected chi connectivity index (χ2v) is 5.72. The van der Waals surface area contributed by atoms with Gasteiger partial charge in [0.15, 0.2) is 0 Å². The minimum atomic E-state index is -4.31. The maximum absolute atomic E-state index is 12.0. The summed E-state index contributed by atoms with van der Waals surface area (Å²) in [7, 11) is 1.55. The summed E-state index contributed by atoms with van der Waals surface area (Å²) in [5.41, 5.74) is 0.747. The minimum absolute atomic E-state index is 0.136. The molecule has 8 heteroatoms. The van der Waals surface area contributed by atoms with Crippen molar-refractivity contribution in [3.63, 3.8) is 0 Å². The number of aromatic nitrogens is 1. The molecule has 0 bridgehead atoms. The zero-order valence-electron chi connectivity index (χ0n) is 11.7. The number of rotatable bonds is 8. The Hall–Kier alpha value is -0.700. The van der Waals surface area contributed by atoms with Crippen molar-refractivity contribution in [2.24, 2.45) is 0 Å². The van der Waals surface area contributed by atoms with E-state index in [-0.39, 0.29) is 6.61 Å². The lowest BCUT2D eigenvalue weighted by Gasteiger charge is -2.07. The Morgan fingerprint density at radius 1 is 1.30 bits per heavy atom. The summed E-state index contributed by atoms with van der Waals surface area (Å²) in [6, 6.07) is 0.317. The first-order valence-electron chi connectivity index (χ1n) is 6.16. The fourth-order valence-electron chi connectivity index (χ4n) is 1.44. The smallest absolute Gasteiger partial charge is 0.378 e. The first kappa shape index (κ1) is 17.4. The number of hydrogen-bond acceptors (Lipinski definition) is 5. The van der Waals surface area contributed by atoms with Crippen LogP contribution in [0.25, 0.3) is 0 Å². The lowest BCUT2D eigenvalue weighted by molar-refractivity contribution is -0.176. The van der Waals surface area contributed by atoms with E-state index in [1.54, 1.807) is 7.11 Å². The van der Waals surface area contributed by atoms with Gasteiger partial charge in [0.1, 0.15) is 11.6 Å². The summed E-state index contributed by atoms with van der Waals surface area (Å²) in [6.07, 6.45) is -4.31. The van der Waals surface area contributed by atoms with Crippen LogP contribution in [0.1, 0.15) is 29.4 Å². The normalized spacial score (nSPS) is 12.3. The Kier molecular flexibility index (Phi) is 6.87. The Labute approximate surface area is 120 Å². The zero-order chi connectivity index (χ0) is 15.2. The van der Waals surface area contributed by atoms with Gasteiger partial charge in [-0.05, 0) is 0 Å². The predicted molar refractivity (Wildman–Crippen MR) is 70.5 cm³/mol. The number of ether oxygens (including phenoxy) is 2. The van der Waals surface area contributed by atoms with Crippen LogP contribution in [0.15, 0.2) is 0 Å². The van der Waals surface area contributed by atoms with Gasteiger partial charge in [-0.1, -0.05) is 13.8 Å². The fraction of sp³-hybridized carbons (Fsp3) is 0.750. The zero-order valence-corrected chi connectivity index (χ0v) is 12.5. The molecule has 0 unspecified atom stereocenters. The summed E-state index contributed by atoms with van der Waals surface area (Å²) in [5.74, 6) is 0. The van der Waals surface area contributed by atoms with Gasteiger partial charge in [0, 0.05) is 24.6 Å². The minimum Gasteiger partial charge on any atom is -0.378 e. The number of nitrogens with one attached hydrogen (secondary N) is 1. The van der Waals surface area contributed by atoms with E-state index < -0.39 is 12.8 Å². The number of thiazole rings is 1. The SMILES string of the molecule is COCc1nc(COCC(F)(F)F)sc1CNC(C)C. The molecule has 1 aromatic heterocycles. The molecule has 1 N–H and O–H groups in total. The number of halogens is 3. The molecule has 0 saturated carbocycles. The van der Waals surface area contributed by atoms with Crippen molar-refractivity contribution in [3.05, 3.63) is 15.6 Å². The van der Waals surface area contributed by atoms with E-state index in [0.29, 0.717) is 24.2 Å². The fourth-order valence-corrected chi connectivity index (χ4v) is 2.40. The van der Waals surface area contributed by atoms with Gasteiger partial charge in [0.2, 0.25) is 0 Å². The monoisotopic (exact) mass is 312 g/mol. The van der Waals surface area contributed by atoms with E-state index in [2.05, 4.69) is 15.0 Å². The third kappa shape index (κ3) is 6.65. The van der Waals surface area contributed by atoms with E-state index in [1.165, 1.54) is 11.3 Å². The van der Waals surface area contributed by atoms with Crippen molar-refractivity contribution in [1.29, 1.82) is 0 Å². The lowest BCUT2D eigenvalue weighted by atomic mass is 10.3. The molecule has 0 atom stereocenters. The van der Waals surface area contributed by atoms with Crippen molar-refractivity contribution < 1.29 is 22.6 Å². The third-order valence-electron chi connectivity index (χ3n) is 2.27. The van der Waals surface area contributed by atoms with Crippen LogP contribution in [-0.2, 0) is 29.2 Å². The molecule has 1 rings (SSSR count). The van der Waals surface area contributed by atoms with Crippen LogP contribution in [0.3, 0.4) is 0 Å². The molecule has 0 amide bonds. The van der Waals surface area contributed by atoms with Crippen LogP contribution in [0.4, 0.5) is 13.2 Å². The van der Waals surface area contributed by atoms with Crippen molar-refractivity contribution >= 4 is 11.3 Å². The van der Waals surface area contributed by atoms with Gasteiger partial charge >= 0.3 is 6.18 Å². The van der Waals surface area contributed by atoms with Crippen LogP contribution in [-0.4, -0.2) is 30.9 Å². The quantitative estimate of drug-likeness (QED) is 0.801. The van der Waals surface area contributed by atoms with Gasteiger partial charge in [-0.3, -0.25) is 0 Å². The van der Waals surface area contributed by atoms with Gasteiger partial charge in [-0.25, -0.2) is 4.98 Å². The lowest BCUT2D eigenvalue weighted by Crippen LogP contribution is -2.21. The molecule has 0 aliphatic carbocycles. The molecule has 0 spiro atoms. The Balaban J connectivity index is 2.60. The van der Waals surface area contributed by atoms with E-state index in [0.717, 1.165) is 10.6 Å². The standard InChI is InChI=1S/C12H19F3N2O2S/c1-8(2)16-4-10-9(5-18-3)17-11(20-10)6-19-7-12(13,14)15/h8,16H,4-7H2,1-3H3. The van der Waals surface area contributed by atoms with Gasteiger partial charge in [-0.15, -0.1) is 11.3 Å². The number of alkyl halides is 3. The van der Waals surface area contributed by atoms with Gasteiger partial charge < -0.3 is 14.8 Å². The van der Waals surface area contributed by atoms with E-state index in [1.807, 2.05) is 13.8 Å². The highest BCUT2D eigenvalue weighted by atomic mass is 32.1. The van der Waals surface area contributed by atoms with Crippen molar-refractivity contribution in [1.82, 2.24) is 10.3 Å². The topological polar surface area (TPSA) is 43.4 Å². The molecule has 1 aromatic rings. The maximum Gasteiger partial charge on any atom is 0.411 e. The van der Waals surface area contributed by atoms with E-state index >= 15 is 0 Å². The molecule has 0 radical (unpaired) electrons. The Morgan fingerprint density at radius 3 is 2.55 bits per heavy atom. The molecule has 0 fully saturated rings. The third-order valence-corrected chi connectivity index (χ3v) is 3.34. The number of nitrogens with zero attached hydrogens (tertiary/aromatic N) is 1. The first-order valence-corrected chi connectivity index (χ1v) is 6.97. The summed E-state index contributed by atoms with van der Waals surface area (Å²) in [4.78, 5) is 5.22. The largest absolute Gasteiger partial charge is 0.411 e. The number of methoxy groups -OCH3 is 1. The van der Waals surface area contributed by atoms with Crippen molar-refractivity contribution in [3.8, 4) is 0 Å². The highest BCUT2D eigenvalue weighted by Crippen LogP contribution is 2.22. The summed E-state index contributed by atoms with van der Waals surface area (Å²) >= 11 is 1.35. The molecular formula is C12H19F3N2O2S. The molecule has 1 heterocycles. The highest BCUT2D eigenvalue weighted by Gasteiger charge is 2.27. The Bertz CT molecular complexity index is 408. The molecule has 20 heavy (non-hydrogen) atoms. The first-order chi connectivity index (χ1) is 9.31. The molecule has 116 valence electrons. The molecule has 0 saturated heterocycles. The molecule has 0 aliphatic heterocycles. The van der Waals surface area contributed by atoms with Crippen LogP contribution in [0, 0.1) is 0 Å². The van der Waals surface area contributed by atoms with Crippen molar-refractivity contribution in [2.45, 2.75) is 45.8 Å². The predicted octanol–water partition coefficient (Wildman–Crippen LogP) is 2.87.